The Hall–Kier alpha value is -3.36. The average molecular weight is 550 g/mol. The van der Waals surface area contributed by atoms with Gasteiger partial charge in [-0.05, 0) is 31.2 Å². The van der Waals surface area contributed by atoms with Crippen LogP contribution in [0.3, 0.4) is 0 Å². The number of sulfonamides is 1. The molecule has 3 rings (SSSR count). The first-order valence-electron chi connectivity index (χ1n) is 11.8. The van der Waals surface area contributed by atoms with Gasteiger partial charge in [-0.15, -0.1) is 11.3 Å². The van der Waals surface area contributed by atoms with Crippen molar-refractivity contribution < 1.29 is 22.8 Å². The third kappa shape index (κ3) is 8.91. The minimum atomic E-state index is -3.77. The predicted molar refractivity (Wildman–Crippen MR) is 140 cm³/mol. The molecule has 0 spiro atoms. The van der Waals surface area contributed by atoms with Crippen molar-refractivity contribution >= 4 is 44.9 Å². The number of likely N-dealkylation sites (tertiary alicyclic amines) is 1. The van der Waals surface area contributed by atoms with E-state index in [1.165, 1.54) is 11.1 Å². The number of guanidine groups is 1. The lowest BCUT2D eigenvalue weighted by molar-refractivity contribution is -0.139. The average Bonchev–Trinajstić information content (AvgIpc) is 3.38. The number of benzene rings is 1. The van der Waals surface area contributed by atoms with Crippen LogP contribution in [0.25, 0.3) is 0 Å². The number of piperidine rings is 1. The predicted octanol–water partition coefficient (Wildman–Crippen LogP) is -0.0252. The summed E-state index contributed by atoms with van der Waals surface area (Å²) in [5, 5.41) is 4.61. The Labute approximate surface area is 219 Å². The van der Waals surface area contributed by atoms with Gasteiger partial charge in [-0.2, -0.15) is 0 Å². The van der Waals surface area contributed by atoms with Gasteiger partial charge in [0.15, 0.2) is 11.0 Å². The Morgan fingerprint density at radius 3 is 2.68 bits per heavy atom. The molecule has 0 radical (unpaired) electrons. The van der Waals surface area contributed by atoms with Crippen molar-refractivity contribution in [2.24, 2.45) is 16.5 Å². The van der Waals surface area contributed by atoms with Crippen molar-refractivity contribution in [3.8, 4) is 0 Å². The van der Waals surface area contributed by atoms with Crippen LogP contribution in [0.2, 0.25) is 0 Å². The lowest BCUT2D eigenvalue weighted by atomic mass is 10.1. The van der Waals surface area contributed by atoms with Gasteiger partial charge in [0, 0.05) is 24.7 Å². The van der Waals surface area contributed by atoms with Gasteiger partial charge >= 0.3 is 0 Å². The van der Waals surface area contributed by atoms with Crippen molar-refractivity contribution in [3.63, 3.8) is 0 Å². The van der Waals surface area contributed by atoms with E-state index >= 15 is 0 Å². The minimum Gasteiger partial charge on any atom is -0.370 e. The monoisotopic (exact) mass is 549 g/mol. The number of nitrogens with one attached hydrogen (secondary N) is 2. The van der Waals surface area contributed by atoms with Crippen molar-refractivity contribution in [2.45, 2.75) is 43.5 Å². The normalized spacial score (nSPS) is 16.7. The molecule has 2 heterocycles. The molecule has 2 atom stereocenters. The van der Waals surface area contributed by atoms with E-state index in [-0.39, 0.29) is 42.0 Å². The zero-order valence-corrected chi connectivity index (χ0v) is 21.8. The number of thiazole rings is 1. The Bertz CT molecular complexity index is 1200. The van der Waals surface area contributed by atoms with Crippen LogP contribution in [0.4, 0.5) is 0 Å². The molecule has 0 aliphatic carbocycles. The first-order valence-corrected chi connectivity index (χ1v) is 14.3. The number of hydrogen-bond donors (Lipinski definition) is 4. The first-order chi connectivity index (χ1) is 17.6. The second kappa shape index (κ2) is 13.3. The van der Waals surface area contributed by atoms with Gasteiger partial charge in [0.1, 0.15) is 6.04 Å². The standard InChI is InChI=1S/C23H31N7O5S2/c24-23(25)27-10-4-8-17(20(32)21-26-11-13-36-21)28-19(31)14-30-12-5-9-18(22(30)33)29-37(34,35)15-16-6-2-1-3-7-16/h1-3,6-7,11,13,17-18,29H,4-5,8-10,12,14-15H2,(H,28,31)(H4,24,25,27)/t17-,18-/m0/s1. The highest BCUT2D eigenvalue weighted by Gasteiger charge is 2.33. The minimum absolute atomic E-state index is 0.0654. The summed E-state index contributed by atoms with van der Waals surface area (Å²) in [6.07, 6.45) is 3.07. The third-order valence-corrected chi connectivity index (χ3v) is 7.77. The molecule has 1 saturated heterocycles. The summed E-state index contributed by atoms with van der Waals surface area (Å²) in [6, 6.07) is 6.83. The maximum atomic E-state index is 13.0. The summed E-state index contributed by atoms with van der Waals surface area (Å²) in [6.45, 7) is 0.291. The van der Waals surface area contributed by atoms with E-state index in [1.807, 2.05) is 0 Å². The molecule has 2 aromatic rings. The quantitative estimate of drug-likeness (QED) is 0.116. The third-order valence-electron chi connectivity index (χ3n) is 5.63. The molecule has 1 aromatic carbocycles. The van der Waals surface area contributed by atoms with Crippen molar-refractivity contribution in [1.29, 1.82) is 0 Å². The molecule has 1 aliphatic heterocycles. The van der Waals surface area contributed by atoms with Crippen LogP contribution in [0.15, 0.2) is 46.9 Å². The highest BCUT2D eigenvalue weighted by atomic mass is 32.2. The van der Waals surface area contributed by atoms with Crippen molar-refractivity contribution in [2.75, 3.05) is 19.6 Å². The van der Waals surface area contributed by atoms with Crippen LogP contribution in [0.5, 0.6) is 0 Å². The lowest BCUT2D eigenvalue weighted by Crippen LogP contribution is -2.55. The number of aliphatic imine (C=N–C) groups is 1. The molecule has 37 heavy (non-hydrogen) atoms. The maximum absolute atomic E-state index is 13.0. The Balaban J connectivity index is 1.59. The largest absolute Gasteiger partial charge is 0.370 e. The first kappa shape index (κ1) is 28.2. The number of hydrogen-bond acceptors (Lipinski definition) is 8. The van der Waals surface area contributed by atoms with Crippen molar-refractivity contribution in [3.05, 3.63) is 52.5 Å². The summed E-state index contributed by atoms with van der Waals surface area (Å²) < 4.78 is 27.7. The second-order valence-electron chi connectivity index (χ2n) is 8.59. The molecule has 0 unspecified atom stereocenters. The van der Waals surface area contributed by atoms with Crippen molar-refractivity contribution in [1.82, 2.24) is 19.9 Å². The number of nitrogens with two attached hydrogens (primary N) is 2. The number of amides is 2. The van der Waals surface area contributed by atoms with E-state index in [4.69, 9.17) is 11.5 Å². The molecular weight excluding hydrogens is 518 g/mol. The lowest BCUT2D eigenvalue weighted by Gasteiger charge is -2.32. The van der Waals surface area contributed by atoms with Gasteiger partial charge in [0.2, 0.25) is 27.6 Å². The topological polar surface area (TPSA) is 190 Å². The van der Waals surface area contributed by atoms with E-state index < -0.39 is 33.9 Å². The van der Waals surface area contributed by atoms with Gasteiger partial charge in [0.25, 0.3) is 0 Å². The molecular formula is C23H31N7O5S2. The molecule has 12 nitrogen and oxygen atoms in total. The van der Waals surface area contributed by atoms with Gasteiger partial charge in [0.05, 0.1) is 18.3 Å². The number of Topliss-reactive ketones (excluding diaryl/α,β-unsaturated/α-hetero) is 1. The van der Waals surface area contributed by atoms with Crippen LogP contribution in [-0.2, 0) is 25.4 Å². The van der Waals surface area contributed by atoms with E-state index in [2.05, 4.69) is 20.0 Å². The molecule has 14 heteroatoms. The molecule has 2 amide bonds. The number of rotatable bonds is 13. The summed E-state index contributed by atoms with van der Waals surface area (Å²) in [5.41, 5.74) is 11.3. The SMILES string of the molecule is NC(N)=NCCC[C@H](NC(=O)CN1CCC[C@H](NS(=O)(=O)Cc2ccccc2)C1=O)C(=O)c1nccs1. The second-order valence-corrected chi connectivity index (χ2v) is 11.2. The fraction of sp³-hybridized carbons (Fsp3) is 0.435. The van der Waals surface area contributed by atoms with Gasteiger partial charge in [-0.1, -0.05) is 30.3 Å². The molecule has 1 aromatic heterocycles. The number of carbonyl (C=O) groups is 3. The van der Waals surface area contributed by atoms with Gasteiger partial charge < -0.3 is 21.7 Å². The van der Waals surface area contributed by atoms with Crippen LogP contribution in [0.1, 0.15) is 41.0 Å². The molecule has 6 N–H and O–H groups in total. The number of carbonyl (C=O) groups excluding carboxylic acids is 3. The van der Waals surface area contributed by atoms with Crippen LogP contribution < -0.4 is 21.5 Å². The van der Waals surface area contributed by atoms with Crippen LogP contribution in [-0.4, -0.2) is 73.6 Å². The van der Waals surface area contributed by atoms with Gasteiger partial charge in [-0.3, -0.25) is 19.4 Å². The fourth-order valence-corrected chi connectivity index (χ4v) is 5.94. The maximum Gasteiger partial charge on any atom is 0.241 e. The van der Waals surface area contributed by atoms with Gasteiger partial charge in [-0.25, -0.2) is 18.1 Å². The molecule has 1 fully saturated rings. The van der Waals surface area contributed by atoms with Crippen LogP contribution in [0, 0.1) is 0 Å². The molecule has 1 aliphatic rings. The fourth-order valence-electron chi connectivity index (χ4n) is 3.94. The molecule has 0 bridgehead atoms. The Kier molecular flexibility index (Phi) is 10.1. The van der Waals surface area contributed by atoms with E-state index in [9.17, 15) is 22.8 Å². The summed E-state index contributed by atoms with van der Waals surface area (Å²) in [7, 11) is -3.77. The highest BCUT2D eigenvalue weighted by Crippen LogP contribution is 2.15. The highest BCUT2D eigenvalue weighted by molar-refractivity contribution is 7.88. The number of ketones is 1. The zero-order valence-electron chi connectivity index (χ0n) is 20.2. The summed E-state index contributed by atoms with van der Waals surface area (Å²) >= 11 is 1.16. The van der Waals surface area contributed by atoms with E-state index in [0.717, 1.165) is 11.3 Å². The van der Waals surface area contributed by atoms with E-state index in [1.54, 1.807) is 35.7 Å². The molecule has 0 saturated carbocycles. The van der Waals surface area contributed by atoms with E-state index in [0.29, 0.717) is 31.4 Å². The molecule has 200 valence electrons. The smallest absolute Gasteiger partial charge is 0.241 e. The summed E-state index contributed by atoms with van der Waals surface area (Å²) in [5.74, 6) is -1.67. The Morgan fingerprint density at radius 2 is 2.00 bits per heavy atom. The number of nitrogens with zero attached hydrogens (tertiary/aromatic N) is 3. The summed E-state index contributed by atoms with van der Waals surface area (Å²) in [4.78, 5) is 47.9. The van der Waals surface area contributed by atoms with Crippen LogP contribution >= 0.6 is 11.3 Å². The number of aromatic nitrogens is 1. The zero-order chi connectivity index (χ0) is 26.8. The Morgan fingerprint density at radius 1 is 1.24 bits per heavy atom.